The molecule has 90 valence electrons. The fourth-order valence-corrected chi connectivity index (χ4v) is 3.10. The predicted octanol–water partition coefficient (Wildman–Crippen LogP) is 4.67. The summed E-state index contributed by atoms with van der Waals surface area (Å²) in [6.45, 7) is 0.829. The Labute approximate surface area is 118 Å². The largest absolute Gasteiger partial charge is 0.380 e. The lowest BCUT2D eigenvalue weighted by Crippen LogP contribution is -1.98. The first kappa shape index (κ1) is 11.7. The lowest BCUT2D eigenvalue weighted by atomic mass is 10.2. The molecule has 0 radical (unpaired) electrons. The third kappa shape index (κ3) is 2.40. The van der Waals surface area contributed by atoms with Gasteiger partial charge in [-0.2, -0.15) is 0 Å². The van der Waals surface area contributed by atoms with Crippen molar-refractivity contribution >= 4 is 43.9 Å². The van der Waals surface area contributed by atoms with E-state index in [2.05, 4.69) is 49.8 Å². The summed E-state index contributed by atoms with van der Waals surface area (Å²) in [6.07, 6.45) is 1.82. The van der Waals surface area contributed by atoms with Crippen LogP contribution in [0, 0.1) is 0 Å². The van der Waals surface area contributed by atoms with E-state index >= 15 is 0 Å². The highest BCUT2D eigenvalue weighted by Gasteiger charge is 2.01. The van der Waals surface area contributed by atoms with Crippen LogP contribution in [0.15, 0.2) is 51.8 Å². The third-order valence-electron chi connectivity index (χ3n) is 2.75. The lowest BCUT2D eigenvalue weighted by Gasteiger charge is -2.08. The normalized spacial score (nSPS) is 10.7. The second-order valence-corrected chi connectivity index (χ2v) is 6.28. The molecule has 0 aliphatic rings. The number of nitrogens with one attached hydrogen (secondary N) is 1. The first-order chi connectivity index (χ1) is 8.83. The number of thiophene rings is 1. The average molecular weight is 319 g/mol. The van der Waals surface area contributed by atoms with Crippen molar-refractivity contribution in [3.63, 3.8) is 0 Å². The molecule has 2 aromatic heterocycles. The molecule has 0 atom stereocenters. The van der Waals surface area contributed by atoms with E-state index in [0.29, 0.717) is 0 Å². The Balaban J connectivity index is 1.86. The highest BCUT2D eigenvalue weighted by atomic mass is 79.9. The molecule has 0 saturated heterocycles. The van der Waals surface area contributed by atoms with Gasteiger partial charge in [-0.25, -0.2) is 0 Å². The molecule has 0 fully saturated rings. The highest BCUT2D eigenvalue weighted by molar-refractivity contribution is 9.11. The third-order valence-corrected chi connectivity index (χ3v) is 4.30. The van der Waals surface area contributed by atoms with E-state index in [4.69, 9.17) is 0 Å². The van der Waals surface area contributed by atoms with Gasteiger partial charge in [-0.15, -0.1) is 11.3 Å². The summed E-state index contributed by atoms with van der Waals surface area (Å²) in [5, 5.41) is 6.78. The maximum atomic E-state index is 4.36. The van der Waals surface area contributed by atoms with Gasteiger partial charge in [0.1, 0.15) is 0 Å². The second-order valence-electron chi connectivity index (χ2n) is 3.99. The Bertz CT molecular complexity index is 673. The summed E-state index contributed by atoms with van der Waals surface area (Å²) in [4.78, 5) is 4.36. The molecule has 0 saturated carbocycles. The van der Waals surface area contributed by atoms with Crippen LogP contribution in [0.3, 0.4) is 0 Å². The zero-order chi connectivity index (χ0) is 12.4. The molecular formula is C14H11BrN2S. The van der Waals surface area contributed by atoms with E-state index in [-0.39, 0.29) is 0 Å². The zero-order valence-corrected chi connectivity index (χ0v) is 12.0. The van der Waals surface area contributed by atoms with E-state index < -0.39 is 0 Å². The fraction of sp³-hybridized carbons (Fsp3) is 0.0714. The Morgan fingerprint density at radius 1 is 1.22 bits per heavy atom. The van der Waals surface area contributed by atoms with Crippen LogP contribution in [-0.2, 0) is 6.54 Å². The van der Waals surface area contributed by atoms with Crippen molar-refractivity contribution in [2.24, 2.45) is 0 Å². The lowest BCUT2D eigenvalue weighted by molar-refractivity contribution is 1.17. The van der Waals surface area contributed by atoms with Gasteiger partial charge in [0.25, 0.3) is 0 Å². The van der Waals surface area contributed by atoms with Gasteiger partial charge in [0.05, 0.1) is 9.30 Å². The molecule has 1 N–H and O–H groups in total. The maximum Gasteiger partial charge on any atom is 0.0722 e. The van der Waals surface area contributed by atoms with E-state index in [1.807, 2.05) is 24.4 Å². The summed E-state index contributed by atoms with van der Waals surface area (Å²) in [5.74, 6) is 0. The Morgan fingerprint density at radius 3 is 3.00 bits per heavy atom. The van der Waals surface area contributed by atoms with E-state index in [1.165, 1.54) is 9.35 Å². The van der Waals surface area contributed by atoms with Crippen LogP contribution in [0.4, 0.5) is 5.69 Å². The molecule has 3 aromatic rings. The topological polar surface area (TPSA) is 24.9 Å². The molecule has 0 amide bonds. The van der Waals surface area contributed by atoms with Crippen LogP contribution in [0.25, 0.3) is 10.9 Å². The van der Waals surface area contributed by atoms with Gasteiger partial charge in [-0.1, -0.05) is 6.07 Å². The zero-order valence-electron chi connectivity index (χ0n) is 9.56. The molecule has 4 heteroatoms. The maximum absolute atomic E-state index is 4.36. The first-order valence-electron chi connectivity index (χ1n) is 5.63. The van der Waals surface area contributed by atoms with E-state index in [9.17, 15) is 0 Å². The van der Waals surface area contributed by atoms with Gasteiger partial charge in [-0.05, 0) is 57.2 Å². The smallest absolute Gasteiger partial charge is 0.0722 e. The van der Waals surface area contributed by atoms with Gasteiger partial charge < -0.3 is 5.32 Å². The number of pyridine rings is 1. The van der Waals surface area contributed by atoms with Gasteiger partial charge in [0, 0.05) is 23.8 Å². The van der Waals surface area contributed by atoms with Crippen molar-refractivity contribution in [3.8, 4) is 0 Å². The number of anilines is 1. The van der Waals surface area contributed by atoms with Gasteiger partial charge in [-0.3, -0.25) is 4.98 Å². The minimum atomic E-state index is 0.829. The van der Waals surface area contributed by atoms with Crippen LogP contribution in [0.5, 0.6) is 0 Å². The second kappa shape index (κ2) is 5.08. The number of rotatable bonds is 3. The van der Waals surface area contributed by atoms with Crippen molar-refractivity contribution in [3.05, 3.63) is 57.3 Å². The predicted molar refractivity (Wildman–Crippen MR) is 81.1 cm³/mol. The standard InChI is InChI=1S/C14H11BrN2S/c15-14-7-10(9-18-14)8-17-13-5-1-4-12-11(13)3-2-6-16-12/h1-7,9,17H,8H2. The molecular weight excluding hydrogens is 308 g/mol. The summed E-state index contributed by atoms with van der Waals surface area (Å²) < 4.78 is 1.17. The molecule has 0 bridgehead atoms. The van der Waals surface area contributed by atoms with Crippen molar-refractivity contribution < 1.29 is 0 Å². The summed E-state index contributed by atoms with van der Waals surface area (Å²) in [7, 11) is 0. The van der Waals surface area contributed by atoms with Gasteiger partial charge >= 0.3 is 0 Å². The van der Waals surface area contributed by atoms with Crippen molar-refractivity contribution in [2.45, 2.75) is 6.54 Å². The number of aromatic nitrogens is 1. The van der Waals surface area contributed by atoms with Crippen molar-refractivity contribution in [1.82, 2.24) is 4.98 Å². The fourth-order valence-electron chi connectivity index (χ4n) is 1.89. The molecule has 0 spiro atoms. The Kier molecular flexibility index (Phi) is 3.30. The number of fused-ring (bicyclic) bond motifs is 1. The van der Waals surface area contributed by atoms with Gasteiger partial charge in [0.15, 0.2) is 0 Å². The molecule has 2 nitrogen and oxygen atoms in total. The summed E-state index contributed by atoms with van der Waals surface area (Å²) in [6, 6.07) is 12.3. The number of nitrogens with zero attached hydrogens (tertiary/aromatic N) is 1. The van der Waals surface area contributed by atoms with Crippen molar-refractivity contribution in [2.75, 3.05) is 5.32 Å². The minimum Gasteiger partial charge on any atom is -0.380 e. The molecule has 0 aliphatic carbocycles. The van der Waals surface area contributed by atoms with Crippen LogP contribution in [-0.4, -0.2) is 4.98 Å². The Morgan fingerprint density at radius 2 is 2.17 bits per heavy atom. The minimum absolute atomic E-state index is 0.829. The first-order valence-corrected chi connectivity index (χ1v) is 7.31. The Hall–Kier alpha value is -1.39. The number of hydrogen-bond donors (Lipinski definition) is 1. The molecule has 1 aromatic carbocycles. The molecule has 18 heavy (non-hydrogen) atoms. The number of halogens is 1. The van der Waals surface area contributed by atoms with Crippen LogP contribution < -0.4 is 5.32 Å². The highest BCUT2D eigenvalue weighted by Crippen LogP contribution is 2.24. The molecule has 0 aliphatic heterocycles. The van der Waals surface area contributed by atoms with Crippen LogP contribution in [0.2, 0.25) is 0 Å². The molecule has 3 rings (SSSR count). The van der Waals surface area contributed by atoms with E-state index in [0.717, 1.165) is 23.1 Å². The SMILES string of the molecule is Brc1cc(CNc2cccc3ncccc23)cs1. The van der Waals surface area contributed by atoms with Gasteiger partial charge in [0.2, 0.25) is 0 Å². The quantitative estimate of drug-likeness (QED) is 0.759. The monoisotopic (exact) mass is 318 g/mol. The van der Waals surface area contributed by atoms with E-state index in [1.54, 1.807) is 11.3 Å². The van der Waals surface area contributed by atoms with Crippen LogP contribution >= 0.6 is 27.3 Å². The number of benzene rings is 1. The summed E-state index contributed by atoms with van der Waals surface area (Å²) in [5.41, 5.74) is 3.43. The summed E-state index contributed by atoms with van der Waals surface area (Å²) >= 11 is 5.19. The molecule has 0 unspecified atom stereocenters. The molecule has 2 heterocycles. The van der Waals surface area contributed by atoms with Crippen LogP contribution in [0.1, 0.15) is 5.56 Å². The number of hydrogen-bond acceptors (Lipinski definition) is 3. The average Bonchev–Trinajstić information content (AvgIpc) is 2.82. The van der Waals surface area contributed by atoms with Crippen molar-refractivity contribution in [1.29, 1.82) is 0 Å².